The van der Waals surface area contributed by atoms with Crippen molar-refractivity contribution in [1.82, 2.24) is 10.2 Å². The van der Waals surface area contributed by atoms with Gasteiger partial charge in [-0.3, -0.25) is 4.90 Å². The highest BCUT2D eigenvalue weighted by molar-refractivity contribution is 5.37. The largest absolute Gasteiger partial charge is 0.416 e. The molecule has 0 spiro atoms. The lowest BCUT2D eigenvalue weighted by Crippen LogP contribution is -2.45. The van der Waals surface area contributed by atoms with E-state index in [0.717, 1.165) is 31.4 Å². The van der Waals surface area contributed by atoms with Crippen molar-refractivity contribution < 1.29 is 26.3 Å². The molecule has 2 nitrogen and oxygen atoms in total. The zero-order valence-electron chi connectivity index (χ0n) is 14.7. The molecular weight excluding hydrogens is 358 g/mol. The van der Waals surface area contributed by atoms with E-state index in [1.54, 1.807) is 0 Å². The Morgan fingerprint density at radius 1 is 1.00 bits per heavy atom. The zero-order chi connectivity index (χ0) is 19.4. The Morgan fingerprint density at radius 3 is 2.19 bits per heavy atom. The molecule has 0 unspecified atom stereocenters. The van der Waals surface area contributed by atoms with Gasteiger partial charge in [0.15, 0.2) is 0 Å². The SMILES string of the molecule is CCCCC[C@H](c1ccc(C(F)(F)F)cc1C(F)(F)F)N1CCNCC1. The predicted octanol–water partition coefficient (Wildman–Crippen LogP) is 5.25. The minimum atomic E-state index is -4.83. The van der Waals surface area contributed by atoms with Gasteiger partial charge >= 0.3 is 12.4 Å². The van der Waals surface area contributed by atoms with E-state index in [0.29, 0.717) is 32.6 Å². The molecule has 1 aromatic rings. The Balaban J connectivity index is 2.44. The number of piperazine rings is 1. The molecule has 1 aliphatic rings. The summed E-state index contributed by atoms with van der Waals surface area (Å²) >= 11 is 0. The number of nitrogens with zero attached hydrogens (tertiary/aromatic N) is 1. The maximum atomic E-state index is 13.5. The molecule has 1 saturated heterocycles. The Hall–Kier alpha value is -1.28. The summed E-state index contributed by atoms with van der Waals surface area (Å²) in [5.41, 5.74) is -2.49. The number of hydrogen-bond donors (Lipinski definition) is 1. The molecule has 0 saturated carbocycles. The third-order valence-electron chi connectivity index (χ3n) is 4.72. The van der Waals surface area contributed by atoms with Gasteiger partial charge in [0.1, 0.15) is 0 Å². The van der Waals surface area contributed by atoms with Gasteiger partial charge in [0.25, 0.3) is 0 Å². The Bertz CT molecular complexity index is 576. The average Bonchev–Trinajstić information content (AvgIpc) is 2.57. The Kier molecular flexibility index (Phi) is 6.96. The van der Waals surface area contributed by atoms with Crippen molar-refractivity contribution in [2.75, 3.05) is 26.2 Å². The number of unbranched alkanes of at least 4 members (excludes halogenated alkanes) is 2. The quantitative estimate of drug-likeness (QED) is 0.534. The molecule has 8 heteroatoms. The molecule has 1 atom stereocenters. The molecule has 26 heavy (non-hydrogen) atoms. The van der Waals surface area contributed by atoms with E-state index in [9.17, 15) is 26.3 Å². The Morgan fingerprint density at radius 2 is 1.65 bits per heavy atom. The fraction of sp³-hybridized carbons (Fsp3) is 0.667. The van der Waals surface area contributed by atoms with Crippen LogP contribution < -0.4 is 5.32 Å². The van der Waals surface area contributed by atoms with Crippen LogP contribution in [-0.2, 0) is 12.4 Å². The fourth-order valence-corrected chi connectivity index (χ4v) is 3.38. The molecule has 0 aliphatic carbocycles. The first-order valence-electron chi connectivity index (χ1n) is 8.87. The summed E-state index contributed by atoms with van der Waals surface area (Å²) < 4.78 is 79.3. The molecule has 0 radical (unpaired) electrons. The molecule has 1 heterocycles. The summed E-state index contributed by atoms with van der Waals surface area (Å²) in [6, 6.07) is 1.51. The minimum absolute atomic E-state index is 0.0523. The number of rotatable bonds is 6. The molecule has 0 bridgehead atoms. The molecule has 1 aliphatic heterocycles. The van der Waals surface area contributed by atoms with Gasteiger partial charge in [-0.05, 0) is 24.1 Å². The van der Waals surface area contributed by atoms with Gasteiger partial charge in [0.2, 0.25) is 0 Å². The standard InChI is InChI=1S/C18H24F6N2/c1-2-3-4-5-16(26-10-8-25-9-11-26)14-7-6-13(17(19,20)21)12-15(14)18(22,23)24/h6-7,12,16,25H,2-5,8-11H2,1H3/t16-/m1/s1. The summed E-state index contributed by atoms with van der Waals surface area (Å²) in [5, 5.41) is 3.15. The number of nitrogens with one attached hydrogen (secondary N) is 1. The van der Waals surface area contributed by atoms with Crippen LogP contribution in [-0.4, -0.2) is 31.1 Å². The van der Waals surface area contributed by atoms with Crippen molar-refractivity contribution in [2.24, 2.45) is 0 Å². The average molecular weight is 382 g/mol. The summed E-state index contributed by atoms with van der Waals surface area (Å²) in [6.07, 6.45) is -6.58. The van der Waals surface area contributed by atoms with Crippen LogP contribution in [0.15, 0.2) is 18.2 Å². The maximum Gasteiger partial charge on any atom is 0.416 e. The fourth-order valence-electron chi connectivity index (χ4n) is 3.38. The maximum absolute atomic E-state index is 13.5. The first-order valence-corrected chi connectivity index (χ1v) is 8.87. The number of hydrogen-bond acceptors (Lipinski definition) is 2. The molecule has 2 rings (SSSR count). The predicted molar refractivity (Wildman–Crippen MR) is 87.8 cm³/mol. The topological polar surface area (TPSA) is 15.3 Å². The minimum Gasteiger partial charge on any atom is -0.314 e. The van der Waals surface area contributed by atoms with Crippen LogP contribution in [0.3, 0.4) is 0 Å². The van der Waals surface area contributed by atoms with Crippen molar-refractivity contribution in [3.63, 3.8) is 0 Å². The summed E-state index contributed by atoms with van der Waals surface area (Å²) in [6.45, 7) is 4.47. The first kappa shape index (κ1) is 21.0. The van der Waals surface area contributed by atoms with Gasteiger partial charge in [-0.2, -0.15) is 26.3 Å². The van der Waals surface area contributed by atoms with Gasteiger partial charge in [-0.25, -0.2) is 0 Å². The molecule has 1 fully saturated rings. The van der Waals surface area contributed by atoms with E-state index < -0.39 is 29.5 Å². The van der Waals surface area contributed by atoms with Gasteiger partial charge < -0.3 is 5.32 Å². The third kappa shape index (κ3) is 5.36. The van der Waals surface area contributed by atoms with E-state index in [1.807, 2.05) is 11.8 Å². The zero-order valence-corrected chi connectivity index (χ0v) is 14.7. The van der Waals surface area contributed by atoms with Crippen LogP contribution in [0.4, 0.5) is 26.3 Å². The summed E-state index contributed by atoms with van der Waals surface area (Å²) in [4.78, 5) is 1.95. The van der Waals surface area contributed by atoms with Crippen LogP contribution in [0.2, 0.25) is 0 Å². The number of alkyl halides is 6. The summed E-state index contributed by atoms with van der Waals surface area (Å²) in [7, 11) is 0. The van der Waals surface area contributed by atoms with Crippen LogP contribution in [0, 0.1) is 0 Å². The normalized spacial score (nSPS) is 18.1. The van der Waals surface area contributed by atoms with Crippen molar-refractivity contribution >= 4 is 0 Å². The Labute approximate surface area is 149 Å². The molecular formula is C18H24F6N2. The van der Waals surface area contributed by atoms with Crippen LogP contribution in [0.1, 0.15) is 55.3 Å². The van der Waals surface area contributed by atoms with Crippen molar-refractivity contribution in [2.45, 2.75) is 51.0 Å². The first-order chi connectivity index (χ1) is 12.1. The molecule has 148 valence electrons. The molecule has 0 amide bonds. The van der Waals surface area contributed by atoms with Crippen LogP contribution in [0.25, 0.3) is 0 Å². The van der Waals surface area contributed by atoms with Crippen LogP contribution in [0.5, 0.6) is 0 Å². The highest BCUT2D eigenvalue weighted by Crippen LogP contribution is 2.41. The third-order valence-corrected chi connectivity index (χ3v) is 4.72. The van der Waals surface area contributed by atoms with Gasteiger partial charge in [0.05, 0.1) is 11.1 Å². The second kappa shape index (κ2) is 8.61. The van der Waals surface area contributed by atoms with E-state index >= 15 is 0 Å². The van der Waals surface area contributed by atoms with Gasteiger partial charge in [-0.15, -0.1) is 0 Å². The number of benzene rings is 1. The second-order valence-electron chi connectivity index (χ2n) is 6.60. The molecule has 1 aromatic carbocycles. The second-order valence-corrected chi connectivity index (χ2v) is 6.60. The lowest BCUT2D eigenvalue weighted by Gasteiger charge is -2.36. The highest BCUT2D eigenvalue weighted by Gasteiger charge is 2.40. The van der Waals surface area contributed by atoms with Crippen molar-refractivity contribution in [3.8, 4) is 0 Å². The summed E-state index contributed by atoms with van der Waals surface area (Å²) in [5.74, 6) is 0. The number of halogens is 6. The lowest BCUT2D eigenvalue weighted by atomic mass is 9.92. The lowest BCUT2D eigenvalue weighted by molar-refractivity contribution is -0.143. The monoisotopic (exact) mass is 382 g/mol. The van der Waals surface area contributed by atoms with Crippen molar-refractivity contribution in [1.29, 1.82) is 0 Å². The van der Waals surface area contributed by atoms with E-state index in [2.05, 4.69) is 5.32 Å². The highest BCUT2D eigenvalue weighted by atomic mass is 19.4. The molecule has 0 aromatic heterocycles. The van der Waals surface area contributed by atoms with Gasteiger partial charge in [0, 0.05) is 32.2 Å². The smallest absolute Gasteiger partial charge is 0.314 e. The van der Waals surface area contributed by atoms with E-state index in [-0.39, 0.29) is 11.6 Å². The van der Waals surface area contributed by atoms with Crippen LogP contribution >= 0.6 is 0 Å². The van der Waals surface area contributed by atoms with Gasteiger partial charge in [-0.1, -0.05) is 32.3 Å². The van der Waals surface area contributed by atoms with E-state index in [4.69, 9.17) is 0 Å². The van der Waals surface area contributed by atoms with E-state index in [1.165, 1.54) is 0 Å². The molecule has 1 N–H and O–H groups in total. The van der Waals surface area contributed by atoms with Crippen molar-refractivity contribution in [3.05, 3.63) is 34.9 Å².